The number of methoxy groups -OCH3 is 1. The van der Waals surface area contributed by atoms with Crippen LogP contribution in [0.15, 0.2) is 9.32 Å². The topological polar surface area (TPSA) is 127 Å². The summed E-state index contributed by atoms with van der Waals surface area (Å²) in [5.74, 6) is 3.50. The van der Waals surface area contributed by atoms with E-state index in [-0.39, 0.29) is 18.0 Å². The third-order valence-electron chi connectivity index (χ3n) is 8.79. The molecule has 6 rings (SSSR count). The number of hydrogen-bond acceptors (Lipinski definition) is 9. The van der Waals surface area contributed by atoms with Gasteiger partial charge in [-0.15, -0.1) is 4.98 Å². The Morgan fingerprint density at radius 3 is 2.57 bits per heavy atom. The van der Waals surface area contributed by atoms with E-state index in [4.69, 9.17) is 24.2 Å². The van der Waals surface area contributed by atoms with Gasteiger partial charge < -0.3 is 24.0 Å². The highest BCUT2D eigenvalue weighted by Gasteiger charge is 2.32. The third kappa shape index (κ3) is 4.85. The maximum Gasteiger partial charge on any atom is 0.460 e. The van der Waals surface area contributed by atoms with Crippen LogP contribution in [0.1, 0.15) is 65.2 Å². The number of ether oxygens (including phenoxy) is 1. The Morgan fingerprint density at radius 2 is 1.92 bits per heavy atom. The molecule has 0 amide bonds. The van der Waals surface area contributed by atoms with Crippen LogP contribution in [-0.4, -0.2) is 62.0 Å². The molecule has 2 saturated carbocycles. The molecule has 1 saturated heterocycles. The number of nitrogens with one attached hydrogen (secondary N) is 2. The van der Waals surface area contributed by atoms with Gasteiger partial charge in [0, 0.05) is 32.8 Å². The molecule has 4 heterocycles. The molecule has 1 unspecified atom stereocenters. The first kappa shape index (κ1) is 24.4. The largest absolute Gasteiger partial charge is 0.460 e. The Labute approximate surface area is 216 Å². The minimum absolute atomic E-state index is 0.196. The van der Waals surface area contributed by atoms with Crippen LogP contribution < -0.4 is 16.0 Å². The summed E-state index contributed by atoms with van der Waals surface area (Å²) < 4.78 is 12.8. The molecule has 1 aliphatic heterocycles. The lowest BCUT2D eigenvalue weighted by Crippen LogP contribution is -2.31. The van der Waals surface area contributed by atoms with Crippen LogP contribution in [0.3, 0.4) is 0 Å². The van der Waals surface area contributed by atoms with E-state index in [1.54, 1.807) is 7.11 Å². The van der Waals surface area contributed by atoms with Gasteiger partial charge in [-0.05, 0) is 56.8 Å². The monoisotopic (exact) mass is 510 g/mol. The van der Waals surface area contributed by atoms with Gasteiger partial charge >= 0.3 is 5.76 Å². The fourth-order valence-electron chi connectivity index (χ4n) is 6.12. The molecule has 37 heavy (non-hydrogen) atoms. The Bertz CT molecular complexity index is 1290. The van der Waals surface area contributed by atoms with Crippen LogP contribution in [0.25, 0.3) is 22.8 Å². The molecule has 200 valence electrons. The van der Waals surface area contributed by atoms with E-state index in [1.807, 2.05) is 0 Å². The van der Waals surface area contributed by atoms with Gasteiger partial charge in [-0.25, -0.2) is 14.8 Å². The van der Waals surface area contributed by atoms with Gasteiger partial charge in [0.2, 0.25) is 17.6 Å². The highest BCUT2D eigenvalue weighted by molar-refractivity contribution is 5.87. The van der Waals surface area contributed by atoms with E-state index >= 15 is 0 Å². The van der Waals surface area contributed by atoms with Gasteiger partial charge in [-0.3, -0.25) is 0 Å². The van der Waals surface area contributed by atoms with Crippen molar-refractivity contribution in [1.82, 2.24) is 29.7 Å². The number of imidazole rings is 1. The first-order valence-corrected chi connectivity index (χ1v) is 13.9. The van der Waals surface area contributed by atoms with Crippen molar-refractivity contribution in [1.29, 1.82) is 0 Å². The predicted molar refractivity (Wildman–Crippen MR) is 141 cm³/mol. The zero-order valence-corrected chi connectivity index (χ0v) is 22.1. The van der Waals surface area contributed by atoms with Crippen molar-refractivity contribution < 1.29 is 9.26 Å². The summed E-state index contributed by atoms with van der Waals surface area (Å²) in [5.41, 5.74) is 1.53. The lowest BCUT2D eigenvalue weighted by molar-refractivity contribution is 0.121. The Kier molecular flexibility index (Phi) is 6.64. The van der Waals surface area contributed by atoms with Crippen molar-refractivity contribution in [2.45, 2.75) is 83.9 Å². The van der Waals surface area contributed by atoms with Crippen LogP contribution >= 0.6 is 0 Å². The van der Waals surface area contributed by atoms with Crippen LogP contribution in [0.4, 0.5) is 11.8 Å². The number of aromatic nitrogens is 6. The molecule has 0 spiro atoms. The maximum absolute atomic E-state index is 11.6. The minimum atomic E-state index is -0.698. The second-order valence-electron chi connectivity index (χ2n) is 11.4. The number of aromatic amines is 1. The van der Waals surface area contributed by atoms with Crippen molar-refractivity contribution >= 4 is 22.9 Å². The molecule has 0 radical (unpaired) electrons. The second-order valence-corrected chi connectivity index (χ2v) is 11.4. The van der Waals surface area contributed by atoms with Crippen LogP contribution in [0, 0.1) is 17.8 Å². The quantitative estimate of drug-likeness (QED) is 0.465. The minimum Gasteiger partial charge on any atom is -0.380 e. The summed E-state index contributed by atoms with van der Waals surface area (Å²) >= 11 is 0. The maximum atomic E-state index is 11.6. The molecule has 3 aromatic rings. The number of fused-ring (bicyclic) bond motifs is 1. The van der Waals surface area contributed by atoms with E-state index in [2.05, 4.69) is 38.8 Å². The third-order valence-corrected chi connectivity index (χ3v) is 8.79. The normalized spacial score (nSPS) is 25.5. The summed E-state index contributed by atoms with van der Waals surface area (Å²) in [4.78, 5) is 32.6. The number of rotatable bonds is 8. The summed E-state index contributed by atoms with van der Waals surface area (Å²) in [7, 11) is 1.78. The first-order valence-electron chi connectivity index (χ1n) is 13.9. The molecule has 2 atom stereocenters. The van der Waals surface area contributed by atoms with Crippen LogP contribution in [-0.2, 0) is 11.3 Å². The van der Waals surface area contributed by atoms with Gasteiger partial charge in [0.05, 0.1) is 6.10 Å². The van der Waals surface area contributed by atoms with E-state index in [1.165, 1.54) is 44.9 Å². The summed E-state index contributed by atoms with van der Waals surface area (Å²) in [6.45, 7) is 7.17. The Morgan fingerprint density at radius 1 is 1.11 bits per heavy atom. The highest BCUT2D eigenvalue weighted by atomic mass is 16.5. The molecule has 2 N–H and O–H groups in total. The number of nitrogens with zero attached hydrogens (tertiary/aromatic N) is 6. The van der Waals surface area contributed by atoms with Crippen molar-refractivity contribution in [3.05, 3.63) is 10.6 Å². The molecular formula is C26H38N8O3. The van der Waals surface area contributed by atoms with Crippen molar-refractivity contribution in [3.8, 4) is 11.6 Å². The second kappa shape index (κ2) is 10.1. The molecule has 11 nitrogen and oxygen atoms in total. The van der Waals surface area contributed by atoms with Crippen molar-refractivity contribution in [2.75, 3.05) is 30.4 Å². The Balaban J connectivity index is 1.46. The summed E-state index contributed by atoms with van der Waals surface area (Å²) in [5, 5.41) is 6.27. The van der Waals surface area contributed by atoms with E-state index in [9.17, 15) is 4.79 Å². The predicted octanol–water partition coefficient (Wildman–Crippen LogP) is 3.82. The van der Waals surface area contributed by atoms with Crippen LogP contribution in [0.5, 0.6) is 0 Å². The van der Waals surface area contributed by atoms with Gasteiger partial charge in [-0.1, -0.05) is 26.2 Å². The number of anilines is 2. The van der Waals surface area contributed by atoms with Gasteiger partial charge in [-0.2, -0.15) is 10.1 Å². The van der Waals surface area contributed by atoms with Crippen molar-refractivity contribution in [3.63, 3.8) is 0 Å². The smallest absolute Gasteiger partial charge is 0.380 e. The molecule has 3 fully saturated rings. The Hall–Kier alpha value is -2.95. The van der Waals surface area contributed by atoms with Crippen molar-refractivity contribution in [2.24, 2.45) is 17.8 Å². The van der Waals surface area contributed by atoms with E-state index in [0.29, 0.717) is 23.3 Å². The SMILES string of the molecule is COC1CCN(c2nc3nc(-c4nc(=O)o[nH]4)nc(N[C@H](C)C4CCC4)c3n2CC2CCC(C)CC2)C1. The number of H-pyrrole nitrogens is 1. The standard InChI is InChI=1S/C26H38N8O3/c1-15-7-9-17(10-8-15)13-34-20-21(27-16(2)18-5-4-6-18)28-23(24-31-26(35)37-32-24)29-22(20)30-25(34)33-12-11-19(14-33)36-3/h15-19H,4-14H2,1-3H3,(H,27,28,29)(H,31,32,35)/t15?,16-,17?,19?/m1/s1. The molecule has 0 bridgehead atoms. The average molecular weight is 511 g/mol. The first-order chi connectivity index (χ1) is 18.0. The van der Waals surface area contributed by atoms with Gasteiger partial charge in [0.1, 0.15) is 5.52 Å². The van der Waals surface area contributed by atoms with E-state index in [0.717, 1.165) is 49.3 Å². The zero-order chi connectivity index (χ0) is 25.5. The summed E-state index contributed by atoms with van der Waals surface area (Å²) in [6.07, 6.45) is 9.88. The summed E-state index contributed by atoms with van der Waals surface area (Å²) in [6, 6.07) is 0.267. The van der Waals surface area contributed by atoms with E-state index < -0.39 is 5.76 Å². The fourth-order valence-corrected chi connectivity index (χ4v) is 6.12. The van der Waals surface area contributed by atoms with Crippen LogP contribution in [0.2, 0.25) is 0 Å². The molecule has 2 aliphatic carbocycles. The van der Waals surface area contributed by atoms with Gasteiger partial charge in [0.25, 0.3) is 0 Å². The molecular weight excluding hydrogens is 472 g/mol. The lowest BCUT2D eigenvalue weighted by Gasteiger charge is -2.32. The molecule has 0 aromatic carbocycles. The lowest BCUT2D eigenvalue weighted by atomic mass is 9.80. The zero-order valence-electron chi connectivity index (χ0n) is 22.1. The van der Waals surface area contributed by atoms with Gasteiger partial charge in [0.15, 0.2) is 11.5 Å². The molecule has 3 aromatic heterocycles. The molecule has 3 aliphatic rings. The average Bonchev–Trinajstić information content (AvgIpc) is 3.58. The fraction of sp³-hybridized carbons (Fsp3) is 0.731. The number of hydrogen-bond donors (Lipinski definition) is 2. The highest BCUT2D eigenvalue weighted by Crippen LogP contribution is 2.37. The molecule has 11 heteroatoms.